The van der Waals surface area contributed by atoms with Crippen molar-refractivity contribution in [3.63, 3.8) is 0 Å². The van der Waals surface area contributed by atoms with Crippen LogP contribution in [0.15, 0.2) is 0 Å². The maximum absolute atomic E-state index is 11.2. The zero-order valence-electron chi connectivity index (χ0n) is 11.7. The third kappa shape index (κ3) is 13.0. The molecule has 2 amide bonds. The summed E-state index contributed by atoms with van der Waals surface area (Å²) in [5, 5.41) is 2.80. The van der Waals surface area contributed by atoms with Gasteiger partial charge >= 0.3 is 0 Å². The van der Waals surface area contributed by atoms with E-state index in [-0.39, 0.29) is 11.8 Å². The molecule has 0 aliphatic heterocycles. The van der Waals surface area contributed by atoms with E-state index in [1.807, 2.05) is 6.92 Å². The van der Waals surface area contributed by atoms with E-state index in [0.29, 0.717) is 12.8 Å². The average molecular weight is 256 g/mol. The maximum atomic E-state index is 11.2. The zero-order valence-corrected chi connectivity index (χ0v) is 11.7. The molecule has 0 aromatic rings. The van der Waals surface area contributed by atoms with Gasteiger partial charge in [-0.05, 0) is 19.8 Å². The molecule has 4 nitrogen and oxygen atoms in total. The highest BCUT2D eigenvalue weighted by atomic mass is 16.1. The van der Waals surface area contributed by atoms with Crippen LogP contribution in [0.1, 0.15) is 71.1 Å². The number of carbonyl (C=O) groups is 2. The SMILES string of the molecule is CCNC(=O)CCCCCCCCCCC(N)=O. The molecule has 18 heavy (non-hydrogen) atoms. The molecule has 0 atom stereocenters. The number of hydrogen-bond donors (Lipinski definition) is 2. The van der Waals surface area contributed by atoms with E-state index in [2.05, 4.69) is 5.32 Å². The van der Waals surface area contributed by atoms with Crippen LogP contribution in [0.4, 0.5) is 0 Å². The van der Waals surface area contributed by atoms with E-state index in [4.69, 9.17) is 5.73 Å². The number of nitrogens with two attached hydrogens (primary N) is 1. The van der Waals surface area contributed by atoms with E-state index < -0.39 is 0 Å². The topological polar surface area (TPSA) is 72.2 Å². The van der Waals surface area contributed by atoms with Crippen molar-refractivity contribution in [1.29, 1.82) is 0 Å². The van der Waals surface area contributed by atoms with Gasteiger partial charge in [-0.15, -0.1) is 0 Å². The number of hydrogen-bond acceptors (Lipinski definition) is 2. The van der Waals surface area contributed by atoms with Crippen molar-refractivity contribution in [3.8, 4) is 0 Å². The number of primary amides is 1. The number of rotatable bonds is 12. The van der Waals surface area contributed by atoms with Crippen LogP contribution < -0.4 is 11.1 Å². The van der Waals surface area contributed by atoms with Gasteiger partial charge in [0.2, 0.25) is 11.8 Å². The molecule has 0 saturated heterocycles. The summed E-state index contributed by atoms with van der Waals surface area (Å²) >= 11 is 0. The van der Waals surface area contributed by atoms with E-state index in [0.717, 1.165) is 32.2 Å². The summed E-state index contributed by atoms with van der Waals surface area (Å²) in [5.41, 5.74) is 5.06. The Morgan fingerprint density at radius 1 is 0.833 bits per heavy atom. The Morgan fingerprint density at radius 2 is 1.28 bits per heavy atom. The molecule has 0 fully saturated rings. The van der Waals surface area contributed by atoms with Crippen LogP contribution >= 0.6 is 0 Å². The van der Waals surface area contributed by atoms with Crippen LogP contribution in [0.2, 0.25) is 0 Å². The number of amides is 2. The first-order valence-electron chi connectivity index (χ1n) is 7.21. The summed E-state index contributed by atoms with van der Waals surface area (Å²) in [6.07, 6.45) is 10.2. The molecule has 3 N–H and O–H groups in total. The molecule has 4 heteroatoms. The standard InChI is InChI=1S/C14H28N2O2/c1-2-16-14(18)12-10-8-6-4-3-5-7-9-11-13(15)17/h2-12H2,1H3,(H2,15,17)(H,16,18). The third-order valence-electron chi connectivity index (χ3n) is 2.95. The largest absolute Gasteiger partial charge is 0.370 e. The summed E-state index contributed by atoms with van der Waals surface area (Å²) in [6, 6.07) is 0. The van der Waals surface area contributed by atoms with Crippen molar-refractivity contribution < 1.29 is 9.59 Å². The van der Waals surface area contributed by atoms with Gasteiger partial charge in [-0.25, -0.2) is 0 Å². The van der Waals surface area contributed by atoms with Crippen molar-refractivity contribution in [2.45, 2.75) is 71.1 Å². The predicted molar refractivity (Wildman–Crippen MR) is 74.0 cm³/mol. The summed E-state index contributed by atoms with van der Waals surface area (Å²) in [5.74, 6) is -0.0238. The van der Waals surface area contributed by atoms with Crippen LogP contribution in [-0.4, -0.2) is 18.4 Å². The second-order valence-electron chi connectivity index (χ2n) is 4.75. The van der Waals surface area contributed by atoms with E-state index in [1.165, 1.54) is 25.7 Å². The Balaban J connectivity index is 3.07. The quantitative estimate of drug-likeness (QED) is 0.527. The van der Waals surface area contributed by atoms with Gasteiger partial charge in [0.05, 0.1) is 0 Å². The van der Waals surface area contributed by atoms with Crippen LogP contribution in [0.3, 0.4) is 0 Å². The second-order valence-corrected chi connectivity index (χ2v) is 4.75. The van der Waals surface area contributed by atoms with Gasteiger partial charge in [0.15, 0.2) is 0 Å². The third-order valence-corrected chi connectivity index (χ3v) is 2.95. The lowest BCUT2D eigenvalue weighted by atomic mass is 10.1. The fraction of sp³-hybridized carbons (Fsp3) is 0.857. The molecule has 0 aliphatic carbocycles. The van der Waals surface area contributed by atoms with Crippen molar-refractivity contribution in [2.24, 2.45) is 5.73 Å². The molecule has 106 valence electrons. The molecule has 0 unspecified atom stereocenters. The van der Waals surface area contributed by atoms with Crippen LogP contribution in [0.5, 0.6) is 0 Å². The summed E-state index contributed by atoms with van der Waals surface area (Å²) < 4.78 is 0. The molecule has 0 spiro atoms. The highest BCUT2D eigenvalue weighted by Gasteiger charge is 1.99. The molecule has 0 saturated carbocycles. The molecular weight excluding hydrogens is 228 g/mol. The van der Waals surface area contributed by atoms with Gasteiger partial charge < -0.3 is 11.1 Å². The van der Waals surface area contributed by atoms with Gasteiger partial charge in [0, 0.05) is 19.4 Å². The zero-order chi connectivity index (χ0) is 13.6. The minimum absolute atomic E-state index is 0.170. The monoisotopic (exact) mass is 256 g/mol. The first kappa shape index (κ1) is 16.9. The molecule has 0 aromatic carbocycles. The molecular formula is C14H28N2O2. The van der Waals surface area contributed by atoms with Crippen molar-refractivity contribution in [3.05, 3.63) is 0 Å². The lowest BCUT2D eigenvalue weighted by Gasteiger charge is -2.03. The van der Waals surface area contributed by atoms with Gasteiger partial charge in [-0.3, -0.25) is 9.59 Å². The molecule has 0 aromatic heterocycles. The number of nitrogens with one attached hydrogen (secondary N) is 1. The molecule has 0 aliphatic rings. The molecule has 0 radical (unpaired) electrons. The van der Waals surface area contributed by atoms with E-state index >= 15 is 0 Å². The van der Waals surface area contributed by atoms with E-state index in [9.17, 15) is 9.59 Å². The van der Waals surface area contributed by atoms with Gasteiger partial charge in [0.25, 0.3) is 0 Å². The molecule has 0 heterocycles. The lowest BCUT2D eigenvalue weighted by molar-refractivity contribution is -0.121. The maximum Gasteiger partial charge on any atom is 0.219 e. The fourth-order valence-electron chi connectivity index (χ4n) is 1.93. The Bertz CT molecular complexity index is 230. The summed E-state index contributed by atoms with van der Waals surface area (Å²) in [6.45, 7) is 2.67. The normalized spacial score (nSPS) is 10.3. The Labute approximate surface area is 111 Å². The number of unbranched alkanes of at least 4 members (excludes halogenated alkanes) is 7. The van der Waals surface area contributed by atoms with Crippen LogP contribution in [0, 0.1) is 0 Å². The fourth-order valence-corrected chi connectivity index (χ4v) is 1.93. The van der Waals surface area contributed by atoms with Crippen molar-refractivity contribution in [2.75, 3.05) is 6.54 Å². The first-order valence-corrected chi connectivity index (χ1v) is 7.21. The minimum Gasteiger partial charge on any atom is -0.370 e. The van der Waals surface area contributed by atoms with Crippen LogP contribution in [0.25, 0.3) is 0 Å². The average Bonchev–Trinajstić information content (AvgIpc) is 2.31. The van der Waals surface area contributed by atoms with Gasteiger partial charge in [-0.2, -0.15) is 0 Å². The van der Waals surface area contributed by atoms with Crippen molar-refractivity contribution in [1.82, 2.24) is 5.32 Å². The smallest absolute Gasteiger partial charge is 0.219 e. The molecule has 0 rings (SSSR count). The minimum atomic E-state index is -0.194. The lowest BCUT2D eigenvalue weighted by Crippen LogP contribution is -2.21. The predicted octanol–water partition coefficient (Wildman–Crippen LogP) is 2.51. The summed E-state index contributed by atoms with van der Waals surface area (Å²) in [7, 11) is 0. The van der Waals surface area contributed by atoms with Gasteiger partial charge in [-0.1, -0.05) is 38.5 Å². The van der Waals surface area contributed by atoms with Crippen molar-refractivity contribution >= 4 is 11.8 Å². The Kier molecular flexibility index (Phi) is 11.7. The highest BCUT2D eigenvalue weighted by molar-refractivity contribution is 5.75. The Hall–Kier alpha value is -1.06. The summed E-state index contributed by atoms with van der Waals surface area (Å²) in [4.78, 5) is 21.7. The second kappa shape index (κ2) is 12.4. The molecule has 0 bridgehead atoms. The Morgan fingerprint density at radius 3 is 1.72 bits per heavy atom. The van der Waals surface area contributed by atoms with Gasteiger partial charge in [0.1, 0.15) is 0 Å². The number of carbonyl (C=O) groups excluding carboxylic acids is 2. The first-order chi connectivity index (χ1) is 8.66. The van der Waals surface area contributed by atoms with Crippen LogP contribution in [-0.2, 0) is 9.59 Å². The van der Waals surface area contributed by atoms with E-state index in [1.54, 1.807) is 0 Å². The highest BCUT2D eigenvalue weighted by Crippen LogP contribution is 2.10.